The van der Waals surface area contributed by atoms with Crippen molar-refractivity contribution in [3.8, 4) is 21.1 Å². The third-order valence-electron chi connectivity index (χ3n) is 11.2. The highest BCUT2D eigenvalue weighted by Crippen LogP contribution is 2.47. The molecule has 5 N–H and O–H groups in total. The highest BCUT2D eigenvalue weighted by atomic mass is 35.5. The largest absolute Gasteiger partial charge is 0.444 e. The normalized spacial score (nSPS) is 14.4. The molecule has 0 saturated heterocycles. The van der Waals surface area contributed by atoms with E-state index in [1.807, 2.05) is 20.8 Å². The Kier molecular flexibility index (Phi) is 17.7. The number of thiazole rings is 2. The molecule has 66 heavy (non-hydrogen) atoms. The van der Waals surface area contributed by atoms with Crippen molar-refractivity contribution in [1.29, 1.82) is 0 Å². The van der Waals surface area contributed by atoms with E-state index in [0.29, 0.717) is 68.6 Å². The Balaban J connectivity index is 0.000000220. The van der Waals surface area contributed by atoms with Gasteiger partial charge in [0.2, 0.25) is 11.8 Å². The zero-order valence-corrected chi connectivity index (χ0v) is 42.5. The van der Waals surface area contributed by atoms with E-state index in [1.165, 1.54) is 57.4 Å². The molecule has 356 valence electrons. The van der Waals surface area contributed by atoms with Crippen LogP contribution in [0.25, 0.3) is 41.6 Å². The first-order valence-electron chi connectivity index (χ1n) is 22.3. The number of nitrogens with zero attached hydrogens (tertiary/aromatic N) is 3. The zero-order chi connectivity index (χ0) is 46.4. The summed E-state index contributed by atoms with van der Waals surface area (Å²) in [6.07, 6.45) is 3.98. The standard InChI is InChI=1S/C26H33FN4O3S2.C21H25FN4OS2.ClH/c1-6-15(2)28-11-9-21(32)30-24-22(23-29-18-13-16(27)7-8-19(18)35-23)17-10-12-31(14-20(17)36-24)25(33)34-26(3,4)5;1-3-12(2)24-9-7-18(27)26-21-19(14-6-8-23-11-17(14)29-21)20-25-15-10-13(22)4-5-16(15)28-20;/h7-8,13,15,28H,6,9-12,14H2,1-5H3,(H,30,32);4-5,10,12,23-24H,3,6-9,11H2,1-2H3,(H,26,27);1H/t15-;12-;/m00./s1. The molecule has 2 aliphatic heterocycles. The van der Waals surface area contributed by atoms with Crippen molar-refractivity contribution < 1.29 is 27.9 Å². The smallest absolute Gasteiger partial charge is 0.410 e. The molecule has 0 radical (unpaired) electrons. The van der Waals surface area contributed by atoms with E-state index in [9.17, 15) is 23.2 Å². The van der Waals surface area contributed by atoms with E-state index >= 15 is 0 Å². The number of halogens is 3. The van der Waals surface area contributed by atoms with Crippen LogP contribution >= 0.6 is 57.8 Å². The Hall–Kier alpha value is -4.14. The van der Waals surface area contributed by atoms with Crippen molar-refractivity contribution in [3.05, 3.63) is 68.9 Å². The molecule has 2 aliphatic rings. The second-order valence-corrected chi connectivity index (χ2v) is 21.7. The monoisotopic (exact) mass is 1000 g/mol. The minimum atomic E-state index is -0.573. The van der Waals surface area contributed by atoms with Crippen LogP contribution in [0.15, 0.2) is 36.4 Å². The molecule has 0 aliphatic carbocycles. The van der Waals surface area contributed by atoms with Crippen molar-refractivity contribution in [2.75, 3.05) is 36.8 Å². The Labute approximate surface area is 407 Å². The summed E-state index contributed by atoms with van der Waals surface area (Å²) in [4.78, 5) is 51.4. The first-order chi connectivity index (χ1) is 31.1. The van der Waals surface area contributed by atoms with Gasteiger partial charge in [0, 0.05) is 84.1 Å². The lowest BCUT2D eigenvalue weighted by molar-refractivity contribution is -0.116. The van der Waals surface area contributed by atoms with Crippen molar-refractivity contribution in [2.45, 2.75) is 118 Å². The van der Waals surface area contributed by atoms with E-state index in [4.69, 9.17) is 9.72 Å². The number of amides is 3. The molecule has 6 aromatic rings. The molecule has 19 heteroatoms. The zero-order valence-electron chi connectivity index (χ0n) is 38.4. The molecular formula is C47H59ClF2N8O4S4. The van der Waals surface area contributed by atoms with Crippen LogP contribution in [-0.2, 0) is 40.3 Å². The van der Waals surface area contributed by atoms with Gasteiger partial charge in [-0.05, 0) is 102 Å². The summed E-state index contributed by atoms with van der Waals surface area (Å²) in [5.41, 5.74) is 4.90. The van der Waals surface area contributed by atoms with E-state index in [1.54, 1.807) is 39.7 Å². The second-order valence-electron chi connectivity index (χ2n) is 17.4. The second kappa shape index (κ2) is 22.8. The molecule has 0 fully saturated rings. The third kappa shape index (κ3) is 12.9. The Bertz CT molecular complexity index is 2660. The van der Waals surface area contributed by atoms with E-state index in [-0.39, 0.29) is 41.9 Å². The first-order valence-corrected chi connectivity index (χ1v) is 25.5. The molecule has 0 unspecified atom stereocenters. The fourth-order valence-corrected chi connectivity index (χ4v) is 12.1. The first kappa shape index (κ1) is 51.3. The lowest BCUT2D eigenvalue weighted by Crippen LogP contribution is -2.39. The number of anilines is 2. The average Bonchev–Trinajstić information content (AvgIpc) is 4.04. The van der Waals surface area contributed by atoms with Gasteiger partial charge in [0.15, 0.2) is 0 Å². The van der Waals surface area contributed by atoms with Crippen LogP contribution in [0.5, 0.6) is 0 Å². The average molecular weight is 1000 g/mol. The molecule has 6 heterocycles. The third-order valence-corrected chi connectivity index (χ3v) is 15.6. The molecule has 2 atom stereocenters. The lowest BCUT2D eigenvalue weighted by atomic mass is 10.0. The Morgan fingerprint density at radius 2 is 1.27 bits per heavy atom. The number of hydrogen-bond donors (Lipinski definition) is 5. The summed E-state index contributed by atoms with van der Waals surface area (Å²) >= 11 is 6.12. The minimum absolute atomic E-state index is 0. The van der Waals surface area contributed by atoms with Crippen molar-refractivity contribution >= 4 is 106 Å². The molecule has 2 aromatic carbocycles. The lowest BCUT2D eigenvalue weighted by Gasteiger charge is -2.30. The van der Waals surface area contributed by atoms with Gasteiger partial charge in [-0.3, -0.25) is 9.59 Å². The number of rotatable bonds is 14. The molecule has 4 aromatic heterocycles. The SMILES string of the molecule is CC[C@H](C)NCCC(=O)Nc1sc2c(c1-c1nc3cc(F)ccc3s1)CCN(C(=O)OC(C)(C)C)C2.CC[C@H](C)NCCC(=O)Nc1sc2c(c1-c1nc3cc(F)ccc3s1)CCNC2.Cl. The quantitative estimate of drug-likeness (QED) is 0.0719. The van der Waals surface area contributed by atoms with Crippen LogP contribution < -0.4 is 26.6 Å². The number of ether oxygens (including phenoxy) is 1. The van der Waals surface area contributed by atoms with Gasteiger partial charge in [0.05, 0.1) is 27.0 Å². The van der Waals surface area contributed by atoms with Crippen LogP contribution in [0.4, 0.5) is 23.6 Å². The molecule has 0 saturated carbocycles. The number of thiophene rings is 2. The number of carbonyl (C=O) groups excluding carboxylic acids is 3. The number of carbonyl (C=O) groups is 3. The van der Waals surface area contributed by atoms with Gasteiger partial charge in [-0.1, -0.05) is 13.8 Å². The van der Waals surface area contributed by atoms with E-state index < -0.39 is 5.60 Å². The summed E-state index contributed by atoms with van der Waals surface area (Å²) in [5.74, 6) is -0.696. The highest BCUT2D eigenvalue weighted by Gasteiger charge is 2.32. The summed E-state index contributed by atoms with van der Waals surface area (Å²) in [7, 11) is 0. The van der Waals surface area contributed by atoms with Gasteiger partial charge in [0.25, 0.3) is 0 Å². The van der Waals surface area contributed by atoms with Crippen molar-refractivity contribution in [2.24, 2.45) is 0 Å². The van der Waals surface area contributed by atoms with Gasteiger partial charge < -0.3 is 36.2 Å². The minimum Gasteiger partial charge on any atom is -0.444 e. The Morgan fingerprint density at radius 1 is 0.773 bits per heavy atom. The maximum absolute atomic E-state index is 13.8. The molecular weight excluding hydrogens is 942 g/mol. The molecule has 0 bridgehead atoms. The van der Waals surface area contributed by atoms with Gasteiger partial charge in [-0.2, -0.15) is 0 Å². The van der Waals surface area contributed by atoms with E-state index in [2.05, 4.69) is 59.3 Å². The highest BCUT2D eigenvalue weighted by molar-refractivity contribution is 7.23. The van der Waals surface area contributed by atoms with Gasteiger partial charge in [0.1, 0.15) is 37.3 Å². The van der Waals surface area contributed by atoms with Crippen LogP contribution in [0.1, 0.15) is 95.0 Å². The fourth-order valence-electron chi connectivity index (χ4n) is 7.40. The van der Waals surface area contributed by atoms with E-state index in [0.717, 1.165) is 83.3 Å². The van der Waals surface area contributed by atoms with Crippen LogP contribution in [0.2, 0.25) is 0 Å². The van der Waals surface area contributed by atoms with Crippen LogP contribution in [-0.4, -0.2) is 76.6 Å². The summed E-state index contributed by atoms with van der Waals surface area (Å²) in [5, 5.41) is 19.5. The number of nitrogens with one attached hydrogen (secondary N) is 5. The van der Waals surface area contributed by atoms with Crippen LogP contribution in [0.3, 0.4) is 0 Å². The van der Waals surface area contributed by atoms with Gasteiger partial charge in [-0.25, -0.2) is 23.5 Å². The van der Waals surface area contributed by atoms with Crippen molar-refractivity contribution in [1.82, 2.24) is 30.8 Å². The maximum Gasteiger partial charge on any atom is 0.410 e. The fraction of sp³-hybridized carbons (Fsp3) is 0.468. The van der Waals surface area contributed by atoms with Crippen LogP contribution in [0, 0.1) is 11.6 Å². The number of benzene rings is 2. The molecule has 3 amide bonds. The maximum atomic E-state index is 13.8. The van der Waals surface area contributed by atoms with Gasteiger partial charge in [-0.15, -0.1) is 57.8 Å². The molecule has 12 nitrogen and oxygen atoms in total. The number of aromatic nitrogens is 2. The summed E-state index contributed by atoms with van der Waals surface area (Å²) in [6, 6.07) is 10.0. The molecule has 8 rings (SSSR count). The predicted octanol–water partition coefficient (Wildman–Crippen LogP) is 11.1. The number of fused-ring (bicyclic) bond motifs is 4. The predicted molar refractivity (Wildman–Crippen MR) is 271 cm³/mol. The molecule has 0 spiro atoms. The Morgan fingerprint density at radius 3 is 1.77 bits per heavy atom. The van der Waals surface area contributed by atoms with Gasteiger partial charge >= 0.3 is 6.09 Å². The number of hydrogen-bond acceptors (Lipinski definition) is 13. The summed E-state index contributed by atoms with van der Waals surface area (Å²) in [6.45, 7) is 17.9. The topological polar surface area (TPSA) is 150 Å². The summed E-state index contributed by atoms with van der Waals surface area (Å²) < 4.78 is 34.8. The van der Waals surface area contributed by atoms with Crippen molar-refractivity contribution in [3.63, 3.8) is 0 Å².